The van der Waals surface area contributed by atoms with Crippen molar-refractivity contribution in [1.29, 1.82) is 0 Å². The van der Waals surface area contributed by atoms with Crippen LogP contribution in [0.15, 0.2) is 60.7 Å². The number of hydrogen-bond donors (Lipinski definition) is 1. The number of rotatable bonds is 6. The van der Waals surface area contributed by atoms with Crippen LogP contribution in [0.2, 0.25) is 0 Å². The minimum atomic E-state index is -0.653. The molecule has 0 saturated carbocycles. The maximum Gasteiger partial charge on any atom is 0.123 e. The summed E-state index contributed by atoms with van der Waals surface area (Å²) in [6.07, 6.45) is 0.335. The van der Waals surface area contributed by atoms with Crippen molar-refractivity contribution in [1.82, 2.24) is 4.57 Å². The van der Waals surface area contributed by atoms with Crippen LogP contribution in [0.1, 0.15) is 12.5 Å². The SMILES string of the molecule is CCc1ccc(N(C)CC(O)Cn2c3ccc(F)cc3c3cc(F)ccc32)cc1. The number of fused-ring (bicyclic) bond motifs is 3. The zero-order valence-electron chi connectivity index (χ0n) is 16.6. The molecule has 150 valence electrons. The molecule has 3 aromatic carbocycles. The number of nitrogens with zero attached hydrogens (tertiary/aromatic N) is 2. The van der Waals surface area contributed by atoms with Gasteiger partial charge in [-0.1, -0.05) is 19.1 Å². The van der Waals surface area contributed by atoms with Crippen LogP contribution in [-0.2, 0) is 13.0 Å². The number of benzene rings is 3. The molecule has 29 heavy (non-hydrogen) atoms. The highest BCUT2D eigenvalue weighted by molar-refractivity contribution is 6.08. The fourth-order valence-corrected chi connectivity index (χ4v) is 3.92. The summed E-state index contributed by atoms with van der Waals surface area (Å²) in [4.78, 5) is 2.01. The number of aromatic nitrogens is 1. The minimum absolute atomic E-state index is 0.328. The van der Waals surface area contributed by atoms with E-state index in [2.05, 4.69) is 31.2 Å². The normalized spacial score (nSPS) is 12.6. The van der Waals surface area contributed by atoms with Gasteiger partial charge in [0.1, 0.15) is 11.6 Å². The second kappa shape index (κ2) is 7.84. The van der Waals surface area contributed by atoms with Crippen LogP contribution < -0.4 is 4.90 Å². The van der Waals surface area contributed by atoms with Gasteiger partial charge >= 0.3 is 0 Å². The fourth-order valence-electron chi connectivity index (χ4n) is 3.92. The molecule has 0 aliphatic carbocycles. The van der Waals surface area contributed by atoms with Crippen LogP contribution in [0.3, 0.4) is 0 Å². The van der Waals surface area contributed by atoms with Gasteiger partial charge in [0.25, 0.3) is 0 Å². The fraction of sp³-hybridized carbons (Fsp3) is 0.250. The summed E-state index contributed by atoms with van der Waals surface area (Å²) in [5.74, 6) is -0.728. The van der Waals surface area contributed by atoms with E-state index in [4.69, 9.17) is 0 Å². The predicted octanol–water partition coefficient (Wildman–Crippen LogP) is 5.13. The zero-order valence-corrected chi connectivity index (χ0v) is 16.6. The molecule has 4 rings (SSSR count). The molecule has 0 spiro atoms. The monoisotopic (exact) mass is 394 g/mol. The molecule has 1 aromatic heterocycles. The van der Waals surface area contributed by atoms with Gasteiger partial charge in [0, 0.05) is 41.1 Å². The summed E-state index contributed by atoms with van der Waals surface area (Å²) < 4.78 is 29.5. The molecule has 4 aromatic rings. The van der Waals surface area contributed by atoms with Crippen molar-refractivity contribution in [3.63, 3.8) is 0 Å². The molecule has 0 bridgehead atoms. The molecule has 1 N–H and O–H groups in total. The summed E-state index contributed by atoms with van der Waals surface area (Å²) in [5.41, 5.74) is 3.86. The first-order valence-electron chi connectivity index (χ1n) is 9.81. The van der Waals surface area contributed by atoms with E-state index in [1.54, 1.807) is 12.1 Å². The van der Waals surface area contributed by atoms with E-state index in [1.165, 1.54) is 29.8 Å². The van der Waals surface area contributed by atoms with Crippen LogP contribution in [0, 0.1) is 11.6 Å². The largest absolute Gasteiger partial charge is 0.389 e. The van der Waals surface area contributed by atoms with E-state index in [0.29, 0.717) is 23.9 Å². The Morgan fingerprint density at radius 2 is 1.45 bits per heavy atom. The van der Waals surface area contributed by atoms with E-state index >= 15 is 0 Å². The summed E-state index contributed by atoms with van der Waals surface area (Å²) in [6.45, 7) is 2.88. The van der Waals surface area contributed by atoms with Crippen molar-refractivity contribution in [2.24, 2.45) is 0 Å². The molecule has 1 atom stereocenters. The maximum atomic E-state index is 13.8. The van der Waals surface area contributed by atoms with E-state index in [1.807, 2.05) is 16.5 Å². The molecular formula is C24H24F2N2O. The Hall–Kier alpha value is -2.92. The van der Waals surface area contributed by atoms with Crippen molar-refractivity contribution in [3.8, 4) is 0 Å². The second-order valence-electron chi connectivity index (χ2n) is 7.49. The van der Waals surface area contributed by atoms with Gasteiger partial charge in [0.15, 0.2) is 0 Å². The van der Waals surface area contributed by atoms with Gasteiger partial charge in [-0.05, 0) is 60.5 Å². The molecule has 3 nitrogen and oxygen atoms in total. The van der Waals surface area contributed by atoms with Gasteiger partial charge < -0.3 is 14.6 Å². The second-order valence-corrected chi connectivity index (χ2v) is 7.49. The molecule has 5 heteroatoms. The highest BCUT2D eigenvalue weighted by atomic mass is 19.1. The Labute approximate surface area is 168 Å². The highest BCUT2D eigenvalue weighted by Crippen LogP contribution is 2.30. The number of aliphatic hydroxyl groups is 1. The first-order valence-corrected chi connectivity index (χ1v) is 9.81. The van der Waals surface area contributed by atoms with E-state index in [-0.39, 0.29) is 11.6 Å². The van der Waals surface area contributed by atoms with Gasteiger partial charge in [0.2, 0.25) is 0 Å². The van der Waals surface area contributed by atoms with Crippen LogP contribution in [0.25, 0.3) is 21.8 Å². The number of hydrogen-bond acceptors (Lipinski definition) is 2. The molecule has 0 saturated heterocycles. The average molecular weight is 394 g/mol. The third kappa shape index (κ3) is 3.83. The van der Waals surface area contributed by atoms with E-state index < -0.39 is 6.10 Å². The van der Waals surface area contributed by atoms with Gasteiger partial charge in [0.05, 0.1) is 12.6 Å². The molecule has 0 amide bonds. The van der Waals surface area contributed by atoms with Crippen molar-refractivity contribution in [2.75, 3.05) is 18.5 Å². The van der Waals surface area contributed by atoms with Crippen molar-refractivity contribution in [2.45, 2.75) is 26.0 Å². The van der Waals surface area contributed by atoms with Crippen molar-refractivity contribution < 1.29 is 13.9 Å². The number of halogens is 2. The summed E-state index contributed by atoms with van der Waals surface area (Å²) in [5, 5.41) is 12.1. The average Bonchev–Trinajstić information content (AvgIpc) is 3.00. The lowest BCUT2D eigenvalue weighted by molar-refractivity contribution is 0.163. The Kier molecular flexibility index (Phi) is 5.24. The van der Waals surface area contributed by atoms with Crippen LogP contribution >= 0.6 is 0 Å². The third-order valence-electron chi connectivity index (χ3n) is 5.45. The Morgan fingerprint density at radius 1 is 0.897 bits per heavy atom. The smallest absolute Gasteiger partial charge is 0.123 e. The molecule has 1 unspecified atom stereocenters. The number of likely N-dealkylation sites (N-methyl/N-ethyl adjacent to an activating group) is 1. The van der Waals surface area contributed by atoms with Gasteiger partial charge in [-0.25, -0.2) is 8.78 Å². The minimum Gasteiger partial charge on any atom is -0.389 e. The topological polar surface area (TPSA) is 28.4 Å². The number of anilines is 1. The molecule has 0 aliphatic heterocycles. The first-order chi connectivity index (χ1) is 14.0. The van der Waals surface area contributed by atoms with E-state index in [0.717, 1.165) is 23.1 Å². The van der Waals surface area contributed by atoms with Gasteiger partial charge in [-0.15, -0.1) is 0 Å². The molecule has 0 fully saturated rings. The van der Waals surface area contributed by atoms with Crippen LogP contribution in [0.4, 0.5) is 14.5 Å². The number of aryl methyl sites for hydroxylation is 1. The Morgan fingerprint density at radius 3 is 1.97 bits per heavy atom. The Bertz CT molecular complexity index is 1090. The van der Waals surface area contributed by atoms with Crippen molar-refractivity contribution in [3.05, 3.63) is 77.9 Å². The molecular weight excluding hydrogens is 370 g/mol. The lowest BCUT2D eigenvalue weighted by Gasteiger charge is -2.24. The maximum absolute atomic E-state index is 13.8. The third-order valence-corrected chi connectivity index (χ3v) is 5.45. The van der Waals surface area contributed by atoms with Crippen LogP contribution in [-0.4, -0.2) is 29.4 Å². The lowest BCUT2D eigenvalue weighted by atomic mass is 10.1. The quantitative estimate of drug-likeness (QED) is 0.491. The van der Waals surface area contributed by atoms with Crippen LogP contribution in [0.5, 0.6) is 0 Å². The number of aliphatic hydroxyl groups excluding tert-OH is 1. The van der Waals surface area contributed by atoms with Gasteiger partial charge in [-0.3, -0.25) is 0 Å². The van der Waals surface area contributed by atoms with E-state index in [9.17, 15) is 13.9 Å². The highest BCUT2D eigenvalue weighted by Gasteiger charge is 2.16. The predicted molar refractivity (Wildman–Crippen MR) is 114 cm³/mol. The summed E-state index contributed by atoms with van der Waals surface area (Å²) in [6, 6.07) is 17.3. The molecule has 0 radical (unpaired) electrons. The van der Waals surface area contributed by atoms with Crippen molar-refractivity contribution >= 4 is 27.5 Å². The Balaban J connectivity index is 1.62. The summed E-state index contributed by atoms with van der Waals surface area (Å²) in [7, 11) is 1.95. The van der Waals surface area contributed by atoms with Gasteiger partial charge in [-0.2, -0.15) is 0 Å². The zero-order chi connectivity index (χ0) is 20.5. The lowest BCUT2D eigenvalue weighted by Crippen LogP contribution is -2.32. The first kappa shape index (κ1) is 19.4. The molecule has 0 aliphatic rings. The molecule has 1 heterocycles. The standard InChI is InChI=1S/C24H24F2N2O/c1-3-16-4-8-19(9-5-16)27(2)14-20(29)15-28-23-10-6-17(25)12-21(23)22-13-18(26)7-11-24(22)28/h4-13,20,29H,3,14-15H2,1-2H3. The summed E-state index contributed by atoms with van der Waals surface area (Å²) >= 11 is 0.